The summed E-state index contributed by atoms with van der Waals surface area (Å²) in [5.41, 5.74) is 3.26. The normalized spacial score (nSPS) is 15.3. The molecule has 0 saturated carbocycles. The first-order chi connectivity index (χ1) is 15.9. The van der Waals surface area contributed by atoms with E-state index in [0.29, 0.717) is 39.9 Å². The van der Waals surface area contributed by atoms with E-state index in [1.54, 1.807) is 49.5 Å². The zero-order valence-corrected chi connectivity index (χ0v) is 19.4. The monoisotopic (exact) mass is 464 g/mol. The molecule has 1 aliphatic rings. The number of benzene rings is 2. The van der Waals surface area contributed by atoms with Gasteiger partial charge in [0, 0.05) is 16.8 Å². The smallest absolute Gasteiger partial charge is 0.338 e. The number of aliphatic imine (C=N–C) groups is 1. The third kappa shape index (κ3) is 5.37. The van der Waals surface area contributed by atoms with Gasteiger partial charge < -0.3 is 10.1 Å². The van der Waals surface area contributed by atoms with Crippen molar-refractivity contribution in [2.45, 2.75) is 33.1 Å². The fourth-order valence-corrected chi connectivity index (χ4v) is 5.23. The molecule has 170 valence electrons. The third-order valence-corrected chi connectivity index (χ3v) is 6.72. The van der Waals surface area contributed by atoms with Crippen LogP contribution in [0.5, 0.6) is 0 Å². The van der Waals surface area contributed by atoms with Crippen LogP contribution in [0.3, 0.4) is 0 Å². The van der Waals surface area contributed by atoms with Crippen molar-refractivity contribution in [1.29, 1.82) is 0 Å². The van der Waals surface area contributed by atoms with Crippen LogP contribution in [0.4, 0.5) is 15.1 Å². The molecule has 1 aliphatic carbocycles. The fraction of sp³-hybridized carbons (Fsp3) is 0.269. The highest BCUT2D eigenvalue weighted by Crippen LogP contribution is 2.41. The lowest BCUT2D eigenvalue weighted by atomic mass is 9.88. The number of ether oxygens (including phenoxy) is 1. The number of amides is 1. The number of carbonyl (C=O) groups excluding carboxylic acids is 2. The van der Waals surface area contributed by atoms with E-state index in [9.17, 15) is 14.0 Å². The van der Waals surface area contributed by atoms with Gasteiger partial charge in [-0.2, -0.15) is 0 Å². The Morgan fingerprint density at radius 2 is 2.03 bits per heavy atom. The van der Waals surface area contributed by atoms with Gasteiger partial charge in [0.2, 0.25) is 0 Å². The summed E-state index contributed by atoms with van der Waals surface area (Å²) in [5.74, 6) is -0.410. The highest BCUT2D eigenvalue weighted by Gasteiger charge is 2.27. The van der Waals surface area contributed by atoms with Gasteiger partial charge in [0.25, 0.3) is 5.91 Å². The highest BCUT2D eigenvalue weighted by atomic mass is 32.1. The number of esters is 1. The minimum absolute atomic E-state index is 0.239. The number of thiophene rings is 1. The summed E-state index contributed by atoms with van der Waals surface area (Å²) >= 11 is 1.53. The lowest BCUT2D eigenvalue weighted by molar-refractivity contribution is 0.0526. The molecule has 1 atom stereocenters. The molecule has 5 nitrogen and oxygen atoms in total. The van der Waals surface area contributed by atoms with Gasteiger partial charge in [-0.05, 0) is 79.6 Å². The summed E-state index contributed by atoms with van der Waals surface area (Å²) in [6.45, 7) is 4.27. The number of fused-ring (bicyclic) bond motifs is 1. The zero-order chi connectivity index (χ0) is 23.4. The van der Waals surface area contributed by atoms with E-state index in [-0.39, 0.29) is 11.7 Å². The van der Waals surface area contributed by atoms with Crippen molar-refractivity contribution < 1.29 is 18.7 Å². The highest BCUT2D eigenvalue weighted by molar-refractivity contribution is 7.16. The molecule has 7 heteroatoms. The molecule has 0 spiro atoms. The van der Waals surface area contributed by atoms with Crippen LogP contribution in [-0.2, 0) is 17.6 Å². The van der Waals surface area contributed by atoms with Crippen LogP contribution in [0.2, 0.25) is 0 Å². The van der Waals surface area contributed by atoms with Gasteiger partial charge in [0.05, 0.1) is 17.7 Å². The van der Waals surface area contributed by atoms with Crippen LogP contribution in [-0.4, -0.2) is 24.7 Å². The van der Waals surface area contributed by atoms with E-state index >= 15 is 0 Å². The summed E-state index contributed by atoms with van der Waals surface area (Å²) in [6.07, 6.45) is 4.36. The predicted octanol–water partition coefficient (Wildman–Crippen LogP) is 6.19. The van der Waals surface area contributed by atoms with Gasteiger partial charge in [0.1, 0.15) is 10.8 Å². The Balaban J connectivity index is 1.61. The zero-order valence-electron chi connectivity index (χ0n) is 18.6. The second-order valence-electron chi connectivity index (χ2n) is 8.10. The van der Waals surface area contributed by atoms with Crippen molar-refractivity contribution >= 4 is 40.1 Å². The predicted molar refractivity (Wildman–Crippen MR) is 130 cm³/mol. The van der Waals surface area contributed by atoms with Crippen molar-refractivity contribution in [2.75, 3.05) is 11.9 Å². The van der Waals surface area contributed by atoms with Crippen LogP contribution in [0.15, 0.2) is 53.5 Å². The summed E-state index contributed by atoms with van der Waals surface area (Å²) in [4.78, 5) is 30.9. The molecular weight excluding hydrogens is 439 g/mol. The minimum Gasteiger partial charge on any atom is -0.462 e. The molecule has 1 N–H and O–H groups in total. The Bertz CT molecular complexity index is 1200. The van der Waals surface area contributed by atoms with Crippen molar-refractivity contribution in [3.63, 3.8) is 0 Å². The van der Waals surface area contributed by atoms with E-state index < -0.39 is 5.97 Å². The second kappa shape index (κ2) is 10.1. The minimum atomic E-state index is -0.398. The Hall–Kier alpha value is -3.32. The number of rotatable bonds is 6. The number of hydrogen-bond donors (Lipinski definition) is 1. The first-order valence-electron chi connectivity index (χ1n) is 11.0. The Morgan fingerprint density at radius 3 is 2.76 bits per heavy atom. The van der Waals surface area contributed by atoms with Crippen molar-refractivity contribution in [2.24, 2.45) is 10.9 Å². The summed E-state index contributed by atoms with van der Waals surface area (Å²) < 4.78 is 18.5. The van der Waals surface area contributed by atoms with Gasteiger partial charge in [-0.3, -0.25) is 4.79 Å². The van der Waals surface area contributed by atoms with Gasteiger partial charge in [-0.15, -0.1) is 11.3 Å². The summed E-state index contributed by atoms with van der Waals surface area (Å²) in [6, 6.07) is 12.8. The number of anilines is 1. The quantitative estimate of drug-likeness (QED) is 0.349. The van der Waals surface area contributed by atoms with E-state index in [1.165, 1.54) is 28.3 Å². The second-order valence-corrected chi connectivity index (χ2v) is 9.18. The molecule has 1 aromatic heterocycles. The number of nitrogens with zero attached hydrogens (tertiary/aromatic N) is 1. The number of nitrogens with one attached hydrogen (secondary N) is 1. The largest absolute Gasteiger partial charge is 0.462 e. The first-order valence-corrected chi connectivity index (χ1v) is 11.8. The topological polar surface area (TPSA) is 67.8 Å². The standard InChI is InChI=1S/C26H25FN2O3S/c1-3-32-26(31)18-8-10-20(11-9-18)29-24(30)23-21-12-7-16(2)13-22(21)33-25(23)28-15-17-5-4-6-19(27)14-17/h4-6,8-11,14-16H,3,7,12-13H2,1-2H3,(H,29,30). The van der Waals surface area contributed by atoms with Crippen LogP contribution < -0.4 is 5.32 Å². The lowest BCUT2D eigenvalue weighted by Gasteiger charge is -2.18. The van der Waals surface area contributed by atoms with E-state index in [1.807, 2.05) is 0 Å². The summed E-state index contributed by atoms with van der Waals surface area (Å²) in [7, 11) is 0. The Labute approximate surface area is 196 Å². The third-order valence-electron chi connectivity index (χ3n) is 5.55. The number of hydrogen-bond acceptors (Lipinski definition) is 5. The molecule has 0 bridgehead atoms. The molecular formula is C26H25FN2O3S. The van der Waals surface area contributed by atoms with Crippen molar-refractivity contribution in [1.82, 2.24) is 0 Å². The maximum absolute atomic E-state index is 13.5. The average molecular weight is 465 g/mol. The maximum atomic E-state index is 13.5. The van der Waals surface area contributed by atoms with Gasteiger partial charge in [-0.1, -0.05) is 19.1 Å². The van der Waals surface area contributed by atoms with E-state index in [2.05, 4.69) is 17.2 Å². The van der Waals surface area contributed by atoms with Crippen molar-refractivity contribution in [3.8, 4) is 0 Å². The SMILES string of the molecule is CCOC(=O)c1ccc(NC(=O)c2c(N=Cc3cccc(F)c3)sc3c2CCC(C)C3)cc1. The molecule has 0 saturated heterocycles. The lowest BCUT2D eigenvalue weighted by Crippen LogP contribution is -2.16. The van der Waals surface area contributed by atoms with Crippen LogP contribution in [0.25, 0.3) is 0 Å². The molecule has 4 rings (SSSR count). The molecule has 3 aromatic rings. The van der Waals surface area contributed by atoms with Crippen molar-refractivity contribution in [3.05, 3.63) is 81.5 Å². The van der Waals surface area contributed by atoms with Gasteiger partial charge in [0.15, 0.2) is 0 Å². The van der Waals surface area contributed by atoms with Crippen LogP contribution in [0, 0.1) is 11.7 Å². The van der Waals surface area contributed by atoms with Crippen LogP contribution >= 0.6 is 11.3 Å². The molecule has 2 aromatic carbocycles. The van der Waals surface area contributed by atoms with E-state index in [4.69, 9.17) is 4.74 Å². The first kappa shape index (κ1) is 22.9. The van der Waals surface area contributed by atoms with Crippen LogP contribution in [0.1, 0.15) is 57.0 Å². The molecule has 0 fully saturated rings. The Kier molecular flexibility index (Phi) is 6.99. The number of halogens is 1. The number of carbonyl (C=O) groups is 2. The Morgan fingerprint density at radius 1 is 1.24 bits per heavy atom. The molecule has 1 heterocycles. The molecule has 1 amide bonds. The summed E-state index contributed by atoms with van der Waals surface area (Å²) in [5, 5.41) is 3.56. The molecule has 1 unspecified atom stereocenters. The molecule has 33 heavy (non-hydrogen) atoms. The molecule has 0 radical (unpaired) electrons. The maximum Gasteiger partial charge on any atom is 0.338 e. The molecule has 0 aliphatic heterocycles. The average Bonchev–Trinajstić information content (AvgIpc) is 3.16. The van der Waals surface area contributed by atoms with E-state index in [0.717, 1.165) is 24.8 Å². The van der Waals surface area contributed by atoms with Gasteiger partial charge >= 0.3 is 5.97 Å². The fourth-order valence-electron chi connectivity index (χ4n) is 3.88. The van der Waals surface area contributed by atoms with Gasteiger partial charge in [-0.25, -0.2) is 14.2 Å².